The number of likely N-dealkylation sites (tertiary alicyclic amines) is 1. The molecular formula is C42H43ClF2N4O8. The lowest BCUT2D eigenvalue weighted by atomic mass is 10.0. The molecule has 1 aromatic heterocycles. The van der Waals surface area contributed by atoms with Crippen molar-refractivity contribution in [2.24, 2.45) is 0 Å². The minimum Gasteiger partial charge on any atom is -0.479 e. The second-order valence-electron chi connectivity index (χ2n) is 13.6. The van der Waals surface area contributed by atoms with Crippen LogP contribution in [0.3, 0.4) is 0 Å². The van der Waals surface area contributed by atoms with Crippen molar-refractivity contribution in [3.63, 3.8) is 0 Å². The van der Waals surface area contributed by atoms with Gasteiger partial charge in [-0.15, -0.1) is 0 Å². The number of benzene rings is 4. The molecule has 5 aromatic rings. The van der Waals surface area contributed by atoms with Crippen LogP contribution in [-0.4, -0.2) is 95.5 Å². The largest absolute Gasteiger partial charge is 0.479 e. The van der Waals surface area contributed by atoms with Gasteiger partial charge >= 0.3 is 11.9 Å². The molecule has 0 aliphatic carbocycles. The Labute approximate surface area is 332 Å². The third kappa shape index (κ3) is 10.9. The quantitative estimate of drug-likeness (QED) is 0.124. The van der Waals surface area contributed by atoms with E-state index in [0.29, 0.717) is 28.3 Å². The standard InChI is InChI=1S/C38H37ClF2N4O2.C4H6O6/c1-2-43-22-20-31(21-23-43)44(24-26-10-12-27(13-11-26)28-14-17-30(39)18-15-28)36(46)25-45-34-9-4-3-7-32(34)38(47)42-35(45)19-16-29-6-5-8-33(40)37(29)41;5-1(3(7)8)2(6)4(9)10/h3-15,17-18,31H,2,16,19-25H2,1H3;1-2,5-6H,(H,7,8)(H,9,10). The highest BCUT2D eigenvalue weighted by atomic mass is 35.5. The Balaban J connectivity index is 0.000000548. The number of aliphatic carboxylic acids is 2. The van der Waals surface area contributed by atoms with Crippen LogP contribution in [0, 0.1) is 11.6 Å². The SMILES string of the molecule is CCN1CCC(N(Cc2ccc(-c3ccc(Cl)cc3)cc2)C(=O)Cn2c(CCc3cccc(F)c3F)nc(=O)c3ccccc32)CC1.O=C(O)C(O)C(O)C(=O)O. The van der Waals surface area contributed by atoms with Gasteiger partial charge < -0.3 is 34.8 Å². The fourth-order valence-corrected chi connectivity index (χ4v) is 6.85. The van der Waals surface area contributed by atoms with Gasteiger partial charge in [0, 0.05) is 37.1 Å². The number of rotatable bonds is 13. The lowest BCUT2D eigenvalue weighted by Gasteiger charge is -2.38. The second-order valence-corrected chi connectivity index (χ2v) is 14.0. The molecule has 0 spiro atoms. The molecule has 12 nitrogen and oxygen atoms in total. The summed E-state index contributed by atoms with van der Waals surface area (Å²) in [6.45, 7) is 5.34. The van der Waals surface area contributed by atoms with Crippen molar-refractivity contribution in [3.05, 3.63) is 135 Å². The number of fused-ring (bicyclic) bond motifs is 1. The molecule has 0 bridgehead atoms. The number of piperidine rings is 1. The number of halogens is 3. The molecule has 0 radical (unpaired) electrons. The normalized spacial score (nSPS) is 14.4. The zero-order valence-corrected chi connectivity index (χ0v) is 31.9. The molecule has 1 aliphatic rings. The van der Waals surface area contributed by atoms with Gasteiger partial charge in [-0.1, -0.05) is 79.2 Å². The van der Waals surface area contributed by atoms with Crippen molar-refractivity contribution in [2.75, 3.05) is 19.6 Å². The molecule has 2 unspecified atom stereocenters. The number of hydrogen-bond donors (Lipinski definition) is 4. The number of aryl methyl sites for hydroxylation is 2. The molecule has 4 N–H and O–H groups in total. The number of para-hydroxylation sites is 1. The molecule has 1 saturated heterocycles. The number of aliphatic hydroxyl groups is 2. The molecule has 300 valence electrons. The number of amides is 1. The van der Waals surface area contributed by atoms with Gasteiger partial charge in [0.1, 0.15) is 12.4 Å². The van der Waals surface area contributed by atoms with Crippen LogP contribution in [0.1, 0.15) is 36.7 Å². The summed E-state index contributed by atoms with van der Waals surface area (Å²) in [5.41, 5.74) is 3.50. The van der Waals surface area contributed by atoms with E-state index in [-0.39, 0.29) is 36.9 Å². The monoisotopic (exact) mass is 804 g/mol. The van der Waals surface area contributed by atoms with Crippen LogP contribution in [0.5, 0.6) is 0 Å². The fourth-order valence-electron chi connectivity index (χ4n) is 6.73. The van der Waals surface area contributed by atoms with Gasteiger partial charge in [-0.25, -0.2) is 18.4 Å². The molecule has 6 rings (SSSR count). The number of carbonyl (C=O) groups is 3. The molecule has 1 aliphatic heterocycles. The molecule has 0 saturated carbocycles. The summed E-state index contributed by atoms with van der Waals surface area (Å²) in [5, 5.41) is 33.6. The summed E-state index contributed by atoms with van der Waals surface area (Å²) in [6.07, 6.45) is -2.53. The smallest absolute Gasteiger partial charge is 0.335 e. The van der Waals surface area contributed by atoms with Crippen LogP contribution < -0.4 is 5.56 Å². The highest BCUT2D eigenvalue weighted by Gasteiger charge is 2.30. The summed E-state index contributed by atoms with van der Waals surface area (Å²) in [5.74, 6) is -5.10. The molecule has 15 heteroatoms. The maximum absolute atomic E-state index is 14.5. The predicted octanol–water partition coefficient (Wildman–Crippen LogP) is 5.17. The molecule has 2 heterocycles. The van der Waals surface area contributed by atoms with Gasteiger partial charge in [0.05, 0.1) is 10.9 Å². The summed E-state index contributed by atoms with van der Waals surface area (Å²) in [4.78, 5) is 55.7. The van der Waals surface area contributed by atoms with Gasteiger partial charge in [-0.05, 0) is 78.4 Å². The first-order chi connectivity index (χ1) is 27.3. The first kappa shape index (κ1) is 42.6. The minimum atomic E-state index is -2.27. The predicted molar refractivity (Wildman–Crippen MR) is 210 cm³/mol. The molecule has 4 aromatic carbocycles. The molecule has 57 heavy (non-hydrogen) atoms. The van der Waals surface area contributed by atoms with Crippen molar-refractivity contribution in [2.45, 2.75) is 63.9 Å². The van der Waals surface area contributed by atoms with Crippen LogP contribution in [0.4, 0.5) is 8.78 Å². The maximum Gasteiger partial charge on any atom is 0.335 e. The second kappa shape index (κ2) is 19.6. The van der Waals surface area contributed by atoms with E-state index in [1.54, 1.807) is 22.8 Å². The topological polar surface area (TPSA) is 174 Å². The lowest BCUT2D eigenvalue weighted by Crippen LogP contribution is -2.48. The maximum atomic E-state index is 14.5. The van der Waals surface area contributed by atoms with Crippen molar-refractivity contribution in [3.8, 4) is 11.1 Å². The van der Waals surface area contributed by atoms with E-state index < -0.39 is 41.3 Å². The van der Waals surface area contributed by atoms with Crippen LogP contribution in [0.15, 0.2) is 95.8 Å². The summed E-state index contributed by atoms with van der Waals surface area (Å²) < 4.78 is 30.2. The van der Waals surface area contributed by atoms with Gasteiger partial charge in [-0.2, -0.15) is 4.98 Å². The van der Waals surface area contributed by atoms with Crippen molar-refractivity contribution in [1.29, 1.82) is 0 Å². The summed E-state index contributed by atoms with van der Waals surface area (Å²) in [6, 6.07) is 27.1. The van der Waals surface area contributed by atoms with E-state index in [9.17, 15) is 28.0 Å². The van der Waals surface area contributed by atoms with Crippen LogP contribution in [0.2, 0.25) is 5.02 Å². The van der Waals surface area contributed by atoms with E-state index in [0.717, 1.165) is 55.2 Å². The first-order valence-electron chi connectivity index (χ1n) is 18.4. The van der Waals surface area contributed by atoms with Gasteiger partial charge in [0.25, 0.3) is 5.56 Å². The number of aliphatic hydroxyl groups excluding tert-OH is 2. The van der Waals surface area contributed by atoms with E-state index in [2.05, 4.69) is 41.1 Å². The zero-order valence-electron chi connectivity index (χ0n) is 31.1. The number of carboxylic acid groups (broad SMARTS) is 2. The Hall–Kier alpha value is -5.54. The Morgan fingerprint density at radius 3 is 2.04 bits per heavy atom. The van der Waals surface area contributed by atoms with Crippen LogP contribution >= 0.6 is 11.6 Å². The average Bonchev–Trinajstić information content (AvgIpc) is 3.21. The highest BCUT2D eigenvalue weighted by molar-refractivity contribution is 6.30. The van der Waals surface area contributed by atoms with Crippen LogP contribution in [0.25, 0.3) is 22.0 Å². The van der Waals surface area contributed by atoms with Crippen molar-refractivity contribution >= 4 is 40.3 Å². The third-order valence-corrected chi connectivity index (χ3v) is 10.2. The first-order valence-corrected chi connectivity index (χ1v) is 18.7. The fraction of sp³-hybridized carbons (Fsp3) is 0.310. The Morgan fingerprint density at radius 1 is 0.842 bits per heavy atom. The van der Waals surface area contributed by atoms with E-state index in [4.69, 9.17) is 32.0 Å². The van der Waals surface area contributed by atoms with Gasteiger partial charge in [0.15, 0.2) is 23.8 Å². The number of carbonyl (C=O) groups excluding carboxylic acids is 1. The van der Waals surface area contributed by atoms with Crippen LogP contribution in [-0.2, 0) is 40.3 Å². The summed E-state index contributed by atoms with van der Waals surface area (Å²) in [7, 11) is 0. The van der Waals surface area contributed by atoms with Gasteiger partial charge in [-0.3, -0.25) is 9.59 Å². The highest BCUT2D eigenvalue weighted by Crippen LogP contribution is 2.25. The van der Waals surface area contributed by atoms with E-state index >= 15 is 0 Å². The molecular weight excluding hydrogens is 762 g/mol. The molecule has 1 fully saturated rings. The van der Waals surface area contributed by atoms with E-state index in [1.807, 2.05) is 35.2 Å². The number of aromatic nitrogens is 2. The third-order valence-electron chi connectivity index (χ3n) is 9.97. The lowest BCUT2D eigenvalue weighted by molar-refractivity contribution is -0.165. The van der Waals surface area contributed by atoms with E-state index in [1.165, 1.54) is 12.1 Å². The van der Waals surface area contributed by atoms with Crippen molar-refractivity contribution < 1.29 is 43.6 Å². The average molecular weight is 805 g/mol. The summed E-state index contributed by atoms with van der Waals surface area (Å²) >= 11 is 6.08. The number of carboxylic acids is 2. The number of hydrogen-bond acceptors (Lipinski definition) is 8. The zero-order chi connectivity index (χ0) is 41.2. The Kier molecular flexibility index (Phi) is 14.6. The number of nitrogens with zero attached hydrogens (tertiary/aromatic N) is 4. The van der Waals surface area contributed by atoms with Crippen molar-refractivity contribution in [1.82, 2.24) is 19.4 Å². The molecule has 2 atom stereocenters. The molecule has 1 amide bonds. The Morgan fingerprint density at radius 2 is 1.44 bits per heavy atom. The minimum absolute atomic E-state index is 0.0361. The van der Waals surface area contributed by atoms with Gasteiger partial charge in [0.2, 0.25) is 5.91 Å². The Bertz CT molecular complexity index is 2230.